The summed E-state index contributed by atoms with van der Waals surface area (Å²) in [5.74, 6) is 0. The number of benzene rings is 1. The van der Waals surface area contributed by atoms with Crippen molar-refractivity contribution in [2.24, 2.45) is 0 Å². The van der Waals surface area contributed by atoms with E-state index in [1.54, 1.807) is 0 Å². The number of hydrogen-bond acceptors (Lipinski definition) is 3. The van der Waals surface area contributed by atoms with Gasteiger partial charge in [0.2, 0.25) is 0 Å². The molecule has 2 heterocycles. The molecule has 0 bridgehead atoms. The molecule has 1 atom stereocenters. The Hall–Kier alpha value is -1.48. The molecule has 0 spiro atoms. The molecule has 0 amide bonds. The van der Waals surface area contributed by atoms with Crippen LogP contribution in [0.1, 0.15) is 6.92 Å². The van der Waals surface area contributed by atoms with Crippen molar-refractivity contribution in [3.63, 3.8) is 0 Å². The number of pyridine rings is 1. The van der Waals surface area contributed by atoms with E-state index in [0.717, 1.165) is 5.03 Å². The van der Waals surface area contributed by atoms with Crippen LogP contribution < -0.4 is 4.90 Å². The normalized spacial score (nSPS) is 18.6. The zero-order valence-corrected chi connectivity index (χ0v) is 9.82. The number of anilines is 2. The Morgan fingerprint density at radius 1 is 1.12 bits per heavy atom. The van der Waals surface area contributed by atoms with Crippen LogP contribution in [0.2, 0.25) is 0 Å². The van der Waals surface area contributed by atoms with Gasteiger partial charge in [0.1, 0.15) is 5.03 Å². The van der Waals surface area contributed by atoms with Crippen molar-refractivity contribution in [1.82, 2.24) is 4.98 Å². The van der Waals surface area contributed by atoms with Crippen LogP contribution in [-0.2, 0) is 0 Å². The average Bonchev–Trinajstić information content (AvgIpc) is 2.66. The molecule has 1 aromatic heterocycles. The minimum atomic E-state index is 0.410. The molecule has 0 saturated heterocycles. The quantitative estimate of drug-likeness (QED) is 0.741. The van der Waals surface area contributed by atoms with Crippen molar-refractivity contribution < 1.29 is 0 Å². The summed E-state index contributed by atoms with van der Waals surface area (Å²) < 4.78 is 0. The molecule has 16 heavy (non-hydrogen) atoms. The lowest BCUT2D eigenvalue weighted by Gasteiger charge is -2.23. The topological polar surface area (TPSA) is 16.1 Å². The highest BCUT2D eigenvalue weighted by molar-refractivity contribution is 8.00. The van der Waals surface area contributed by atoms with Crippen molar-refractivity contribution >= 4 is 23.1 Å². The lowest BCUT2D eigenvalue weighted by molar-refractivity contribution is 0.968. The Morgan fingerprint density at radius 3 is 2.75 bits per heavy atom. The van der Waals surface area contributed by atoms with Crippen molar-refractivity contribution in [2.45, 2.75) is 17.3 Å². The highest BCUT2D eigenvalue weighted by Crippen LogP contribution is 2.45. The minimum Gasteiger partial charge on any atom is -0.327 e. The number of nitrogens with zero attached hydrogens (tertiary/aromatic N) is 2. The van der Waals surface area contributed by atoms with E-state index >= 15 is 0 Å². The molecule has 1 unspecified atom stereocenters. The maximum absolute atomic E-state index is 4.41. The van der Waals surface area contributed by atoms with Gasteiger partial charge in [0.25, 0.3) is 0 Å². The van der Waals surface area contributed by atoms with Crippen molar-refractivity contribution in [1.29, 1.82) is 0 Å². The lowest BCUT2D eigenvalue weighted by atomic mass is 10.2. The molecular formula is C13H12N2S. The predicted molar refractivity (Wildman–Crippen MR) is 68.1 cm³/mol. The molecule has 3 rings (SSSR count). The summed E-state index contributed by atoms with van der Waals surface area (Å²) in [7, 11) is 0. The molecule has 1 aromatic carbocycles. The number of rotatable bonds is 1. The second-order valence-corrected chi connectivity index (χ2v) is 5.06. The van der Waals surface area contributed by atoms with E-state index in [9.17, 15) is 0 Å². The molecule has 80 valence electrons. The van der Waals surface area contributed by atoms with Gasteiger partial charge in [-0.15, -0.1) is 0 Å². The van der Waals surface area contributed by atoms with Gasteiger partial charge in [-0.3, -0.25) is 0 Å². The number of thioether (sulfide) groups is 1. The lowest BCUT2D eigenvalue weighted by Crippen LogP contribution is -2.20. The Kier molecular flexibility index (Phi) is 2.33. The van der Waals surface area contributed by atoms with Gasteiger partial charge in [0, 0.05) is 11.9 Å². The van der Waals surface area contributed by atoms with Crippen LogP contribution in [0, 0.1) is 0 Å². The van der Waals surface area contributed by atoms with Gasteiger partial charge in [0.05, 0.1) is 11.1 Å². The number of para-hydroxylation sites is 1. The van der Waals surface area contributed by atoms with E-state index in [2.05, 4.69) is 47.1 Å². The zero-order chi connectivity index (χ0) is 11.0. The first-order valence-electron chi connectivity index (χ1n) is 5.32. The van der Waals surface area contributed by atoms with Gasteiger partial charge in [0.15, 0.2) is 0 Å². The van der Waals surface area contributed by atoms with Gasteiger partial charge in [-0.1, -0.05) is 30.0 Å². The molecule has 0 aliphatic carbocycles. The Bertz CT molecular complexity index is 498. The maximum atomic E-state index is 4.41. The Balaban J connectivity index is 2.09. The highest BCUT2D eigenvalue weighted by atomic mass is 32.2. The fourth-order valence-electron chi connectivity index (χ4n) is 2.00. The molecule has 0 N–H and O–H groups in total. The van der Waals surface area contributed by atoms with Crippen LogP contribution in [0.5, 0.6) is 0 Å². The van der Waals surface area contributed by atoms with Gasteiger partial charge in [-0.05, 0) is 31.2 Å². The molecular weight excluding hydrogens is 216 g/mol. The summed E-state index contributed by atoms with van der Waals surface area (Å²) in [6.45, 7) is 2.21. The highest BCUT2D eigenvalue weighted by Gasteiger charge is 2.28. The molecule has 1 aliphatic heterocycles. The smallest absolute Gasteiger partial charge is 0.122 e. The summed E-state index contributed by atoms with van der Waals surface area (Å²) in [5.41, 5.74) is 2.44. The summed E-state index contributed by atoms with van der Waals surface area (Å²) in [5, 5.41) is 1.53. The number of aromatic nitrogens is 1. The second kappa shape index (κ2) is 3.83. The minimum absolute atomic E-state index is 0.410. The standard InChI is InChI=1S/C13H12N2S/c1-10-15(11-6-3-2-4-7-11)12-8-5-9-14-13(12)16-10/h2-10H,1H3. The third kappa shape index (κ3) is 1.48. The Morgan fingerprint density at radius 2 is 1.94 bits per heavy atom. The van der Waals surface area contributed by atoms with Gasteiger partial charge in [-0.2, -0.15) is 0 Å². The molecule has 0 fully saturated rings. The SMILES string of the molecule is CC1Sc2ncccc2N1c1ccccc1. The summed E-state index contributed by atoms with van der Waals surface area (Å²) >= 11 is 1.81. The second-order valence-electron chi connectivity index (χ2n) is 3.75. The van der Waals surface area contributed by atoms with Crippen molar-refractivity contribution in [2.75, 3.05) is 4.90 Å². The van der Waals surface area contributed by atoms with E-state index in [0.29, 0.717) is 5.37 Å². The van der Waals surface area contributed by atoms with E-state index in [-0.39, 0.29) is 0 Å². The average molecular weight is 228 g/mol. The number of fused-ring (bicyclic) bond motifs is 1. The van der Waals surface area contributed by atoms with Gasteiger partial charge >= 0.3 is 0 Å². The first kappa shape index (κ1) is 9.73. The molecule has 3 heteroatoms. The summed E-state index contributed by atoms with van der Waals surface area (Å²) in [6, 6.07) is 14.6. The van der Waals surface area contributed by atoms with E-state index < -0.39 is 0 Å². The third-order valence-corrected chi connectivity index (χ3v) is 3.78. The largest absolute Gasteiger partial charge is 0.327 e. The van der Waals surface area contributed by atoms with E-state index in [4.69, 9.17) is 0 Å². The van der Waals surface area contributed by atoms with Crippen LogP contribution in [0.4, 0.5) is 11.4 Å². The van der Waals surface area contributed by atoms with Crippen LogP contribution >= 0.6 is 11.8 Å². The maximum Gasteiger partial charge on any atom is 0.122 e. The molecule has 0 saturated carbocycles. The fraction of sp³-hybridized carbons (Fsp3) is 0.154. The van der Waals surface area contributed by atoms with Crippen molar-refractivity contribution in [3.05, 3.63) is 48.7 Å². The monoisotopic (exact) mass is 228 g/mol. The van der Waals surface area contributed by atoms with E-state index in [1.165, 1.54) is 11.4 Å². The molecule has 2 aromatic rings. The van der Waals surface area contributed by atoms with Crippen LogP contribution in [0.3, 0.4) is 0 Å². The number of hydrogen-bond donors (Lipinski definition) is 0. The first-order valence-corrected chi connectivity index (χ1v) is 6.20. The van der Waals surface area contributed by atoms with Crippen LogP contribution in [0.25, 0.3) is 0 Å². The molecule has 2 nitrogen and oxygen atoms in total. The van der Waals surface area contributed by atoms with Gasteiger partial charge in [-0.25, -0.2) is 4.98 Å². The summed E-state index contributed by atoms with van der Waals surface area (Å²) in [6.07, 6.45) is 1.85. The predicted octanol–water partition coefficient (Wildman–Crippen LogP) is 3.67. The van der Waals surface area contributed by atoms with E-state index in [1.807, 2.05) is 30.1 Å². The van der Waals surface area contributed by atoms with Crippen LogP contribution in [-0.4, -0.2) is 10.4 Å². The van der Waals surface area contributed by atoms with Crippen molar-refractivity contribution in [3.8, 4) is 0 Å². The van der Waals surface area contributed by atoms with Gasteiger partial charge < -0.3 is 4.90 Å². The molecule has 0 radical (unpaired) electrons. The van der Waals surface area contributed by atoms with Crippen LogP contribution in [0.15, 0.2) is 53.7 Å². The third-order valence-electron chi connectivity index (χ3n) is 2.69. The first-order chi connectivity index (χ1) is 7.86. The fourth-order valence-corrected chi connectivity index (χ4v) is 3.08. The Labute approximate surface area is 99.3 Å². The summed E-state index contributed by atoms with van der Waals surface area (Å²) in [4.78, 5) is 6.73. The zero-order valence-electron chi connectivity index (χ0n) is 9.00. The molecule has 1 aliphatic rings.